The molecule has 1 saturated heterocycles. The van der Waals surface area contributed by atoms with Crippen LogP contribution in [0.15, 0.2) is 18.2 Å². The van der Waals surface area contributed by atoms with Gasteiger partial charge in [-0.15, -0.1) is 0 Å². The summed E-state index contributed by atoms with van der Waals surface area (Å²) < 4.78 is 0. The topological polar surface area (TPSA) is 70.2 Å². The Kier molecular flexibility index (Phi) is 2.33. The minimum atomic E-state index is -0.507. The standard InChI is InChI=1S/C14H15N3O2/c1-14(2)11-7-16(8-12(11)14)10-3-4-13(17(18)19)9(5-10)6-15/h3-5,11-12H,7-8H2,1-2H3. The molecule has 1 aromatic carbocycles. The van der Waals surface area contributed by atoms with Crippen LogP contribution in [-0.2, 0) is 0 Å². The quantitative estimate of drug-likeness (QED) is 0.603. The van der Waals surface area contributed by atoms with Crippen molar-refractivity contribution in [2.45, 2.75) is 13.8 Å². The third kappa shape index (κ3) is 1.67. The molecule has 0 radical (unpaired) electrons. The summed E-state index contributed by atoms with van der Waals surface area (Å²) in [6, 6.07) is 6.73. The van der Waals surface area contributed by atoms with Gasteiger partial charge in [0.1, 0.15) is 11.6 Å². The lowest BCUT2D eigenvalue weighted by molar-refractivity contribution is -0.385. The fraction of sp³-hybridized carbons (Fsp3) is 0.500. The van der Waals surface area contributed by atoms with Crippen LogP contribution in [0.5, 0.6) is 0 Å². The van der Waals surface area contributed by atoms with Gasteiger partial charge >= 0.3 is 0 Å². The van der Waals surface area contributed by atoms with Crippen LogP contribution in [0.25, 0.3) is 0 Å². The largest absolute Gasteiger partial charge is 0.371 e. The van der Waals surface area contributed by atoms with Crippen molar-refractivity contribution in [3.8, 4) is 6.07 Å². The van der Waals surface area contributed by atoms with E-state index in [0.29, 0.717) is 17.3 Å². The highest BCUT2D eigenvalue weighted by Gasteiger charge is 2.61. The summed E-state index contributed by atoms with van der Waals surface area (Å²) in [6.07, 6.45) is 0. The third-order valence-corrected chi connectivity index (χ3v) is 4.78. The Morgan fingerprint density at radius 3 is 2.58 bits per heavy atom. The van der Waals surface area contributed by atoms with E-state index < -0.39 is 4.92 Å². The first-order valence-electron chi connectivity index (χ1n) is 6.38. The van der Waals surface area contributed by atoms with E-state index in [1.54, 1.807) is 12.1 Å². The molecule has 1 aliphatic heterocycles. The molecular weight excluding hydrogens is 242 g/mol. The van der Waals surface area contributed by atoms with Gasteiger partial charge in [-0.2, -0.15) is 5.26 Å². The molecule has 98 valence electrons. The molecule has 0 N–H and O–H groups in total. The molecule has 2 fully saturated rings. The van der Waals surface area contributed by atoms with E-state index in [2.05, 4.69) is 18.7 Å². The average molecular weight is 257 g/mol. The number of anilines is 1. The number of nitriles is 1. The molecule has 0 aromatic heterocycles. The second-order valence-electron chi connectivity index (χ2n) is 6.01. The minimum Gasteiger partial charge on any atom is -0.371 e. The van der Waals surface area contributed by atoms with Crippen LogP contribution < -0.4 is 4.90 Å². The molecule has 2 unspecified atom stereocenters. The average Bonchev–Trinajstić information content (AvgIpc) is 2.79. The van der Waals surface area contributed by atoms with Gasteiger partial charge in [-0.25, -0.2) is 0 Å². The van der Waals surface area contributed by atoms with Crippen molar-refractivity contribution >= 4 is 11.4 Å². The van der Waals surface area contributed by atoms with Crippen LogP contribution >= 0.6 is 0 Å². The monoisotopic (exact) mass is 257 g/mol. The van der Waals surface area contributed by atoms with Crippen molar-refractivity contribution in [1.82, 2.24) is 0 Å². The van der Waals surface area contributed by atoms with Crippen LogP contribution in [0.3, 0.4) is 0 Å². The molecule has 0 amide bonds. The lowest BCUT2D eigenvalue weighted by atomic mass is 10.1. The number of benzene rings is 1. The Morgan fingerprint density at radius 2 is 2.05 bits per heavy atom. The highest BCUT2D eigenvalue weighted by atomic mass is 16.6. The van der Waals surface area contributed by atoms with E-state index in [0.717, 1.165) is 18.8 Å². The van der Waals surface area contributed by atoms with Gasteiger partial charge in [0.25, 0.3) is 5.69 Å². The molecule has 0 bridgehead atoms. The molecule has 1 aliphatic carbocycles. The molecule has 3 rings (SSSR count). The molecule has 2 atom stereocenters. The van der Waals surface area contributed by atoms with E-state index in [9.17, 15) is 10.1 Å². The van der Waals surface area contributed by atoms with Gasteiger partial charge in [0, 0.05) is 24.8 Å². The molecule has 1 aromatic rings. The van der Waals surface area contributed by atoms with Gasteiger partial charge in [-0.05, 0) is 29.4 Å². The number of nitrogens with zero attached hydrogens (tertiary/aromatic N) is 3. The number of rotatable bonds is 2. The zero-order valence-corrected chi connectivity index (χ0v) is 11.0. The smallest absolute Gasteiger partial charge is 0.287 e. The fourth-order valence-corrected chi connectivity index (χ4v) is 3.31. The van der Waals surface area contributed by atoms with E-state index >= 15 is 0 Å². The summed E-state index contributed by atoms with van der Waals surface area (Å²) in [5, 5.41) is 19.8. The minimum absolute atomic E-state index is 0.115. The Bertz CT molecular complexity index is 589. The first-order valence-corrected chi connectivity index (χ1v) is 6.38. The third-order valence-electron chi connectivity index (χ3n) is 4.78. The first kappa shape index (κ1) is 12.0. The lowest BCUT2D eigenvalue weighted by Crippen LogP contribution is -2.26. The molecule has 5 heteroatoms. The zero-order valence-electron chi connectivity index (χ0n) is 11.0. The van der Waals surface area contributed by atoms with Crippen molar-refractivity contribution in [2.75, 3.05) is 18.0 Å². The number of hydrogen-bond acceptors (Lipinski definition) is 4. The maximum absolute atomic E-state index is 10.8. The number of nitro groups is 1. The predicted molar refractivity (Wildman–Crippen MR) is 70.8 cm³/mol. The van der Waals surface area contributed by atoms with E-state index in [-0.39, 0.29) is 11.3 Å². The van der Waals surface area contributed by atoms with Crippen LogP contribution in [0, 0.1) is 38.7 Å². The second-order valence-corrected chi connectivity index (χ2v) is 6.01. The molecule has 19 heavy (non-hydrogen) atoms. The normalized spacial score (nSPS) is 26.7. The van der Waals surface area contributed by atoms with Gasteiger partial charge in [0.15, 0.2) is 0 Å². The van der Waals surface area contributed by atoms with Crippen molar-refractivity contribution in [2.24, 2.45) is 17.3 Å². The Hall–Kier alpha value is -2.09. The van der Waals surface area contributed by atoms with Crippen molar-refractivity contribution in [1.29, 1.82) is 5.26 Å². The molecule has 0 spiro atoms. The SMILES string of the molecule is CC1(C)C2CN(c3ccc([N+](=O)[O-])c(C#N)c3)CC21. The van der Waals surface area contributed by atoms with Gasteiger partial charge in [0.05, 0.1) is 4.92 Å². The maximum Gasteiger partial charge on any atom is 0.287 e. The van der Waals surface area contributed by atoms with Crippen molar-refractivity contribution in [3.05, 3.63) is 33.9 Å². The number of fused-ring (bicyclic) bond motifs is 1. The predicted octanol–water partition coefficient (Wildman–Crippen LogP) is 2.56. The van der Waals surface area contributed by atoms with Crippen LogP contribution in [0.2, 0.25) is 0 Å². The summed E-state index contributed by atoms with van der Waals surface area (Å²) >= 11 is 0. The number of nitro benzene ring substituents is 1. The Labute approximate surface area is 111 Å². The van der Waals surface area contributed by atoms with Crippen LogP contribution in [0.4, 0.5) is 11.4 Å². The summed E-state index contributed by atoms with van der Waals surface area (Å²) in [7, 11) is 0. The fourth-order valence-electron chi connectivity index (χ4n) is 3.31. The Balaban J connectivity index is 1.85. The van der Waals surface area contributed by atoms with Crippen LogP contribution in [-0.4, -0.2) is 18.0 Å². The van der Waals surface area contributed by atoms with Gasteiger partial charge < -0.3 is 4.90 Å². The van der Waals surface area contributed by atoms with E-state index in [1.165, 1.54) is 6.07 Å². The lowest BCUT2D eigenvalue weighted by Gasteiger charge is -2.24. The van der Waals surface area contributed by atoms with Gasteiger partial charge in [-0.3, -0.25) is 10.1 Å². The van der Waals surface area contributed by atoms with Gasteiger partial charge in [-0.1, -0.05) is 13.8 Å². The molecule has 2 aliphatic rings. The maximum atomic E-state index is 10.8. The Morgan fingerprint density at radius 1 is 1.42 bits per heavy atom. The van der Waals surface area contributed by atoms with Crippen LogP contribution in [0.1, 0.15) is 19.4 Å². The van der Waals surface area contributed by atoms with Crippen molar-refractivity contribution < 1.29 is 4.92 Å². The number of hydrogen-bond donors (Lipinski definition) is 0. The summed E-state index contributed by atoms with van der Waals surface area (Å²) in [4.78, 5) is 12.5. The molecular formula is C14H15N3O2. The molecule has 5 nitrogen and oxygen atoms in total. The summed E-state index contributed by atoms with van der Waals surface area (Å²) in [6.45, 7) is 6.55. The molecule has 1 heterocycles. The second kappa shape index (κ2) is 3.70. The number of piperidine rings is 1. The first-order chi connectivity index (χ1) is 8.95. The highest BCUT2D eigenvalue weighted by molar-refractivity contribution is 5.60. The van der Waals surface area contributed by atoms with E-state index in [1.807, 2.05) is 6.07 Å². The zero-order chi connectivity index (χ0) is 13.8. The van der Waals surface area contributed by atoms with Crippen molar-refractivity contribution in [3.63, 3.8) is 0 Å². The summed E-state index contributed by atoms with van der Waals surface area (Å²) in [5.74, 6) is 1.43. The van der Waals surface area contributed by atoms with E-state index in [4.69, 9.17) is 5.26 Å². The van der Waals surface area contributed by atoms with Gasteiger partial charge in [0.2, 0.25) is 0 Å². The summed E-state index contributed by atoms with van der Waals surface area (Å²) in [5.41, 5.74) is 1.39. The molecule has 1 saturated carbocycles. The highest BCUT2D eigenvalue weighted by Crippen LogP contribution is 2.62.